The largest absolute Gasteiger partial charge is 0.262 e. The molecule has 0 spiro atoms. The van der Waals surface area contributed by atoms with E-state index >= 15 is 0 Å². The summed E-state index contributed by atoms with van der Waals surface area (Å²) in [7, 11) is 0. The quantitative estimate of drug-likeness (QED) is 0.113. The molecule has 0 bridgehead atoms. The minimum Gasteiger partial charge on any atom is -0.262 e. The van der Waals surface area contributed by atoms with Crippen molar-refractivity contribution in [2.45, 2.75) is 0 Å². The van der Waals surface area contributed by atoms with Gasteiger partial charge in [0.25, 0.3) is 0 Å². The second kappa shape index (κ2) is 18.5. The molecule has 4 aromatic rings. The van der Waals surface area contributed by atoms with E-state index in [-0.39, 0.29) is 19.5 Å². The Bertz CT molecular complexity index is 1170. The van der Waals surface area contributed by atoms with E-state index in [1.165, 1.54) is 23.5 Å². The van der Waals surface area contributed by atoms with Gasteiger partial charge in [0, 0.05) is 43.0 Å². The molecule has 11 heteroatoms. The third kappa shape index (κ3) is 11.1. The number of rotatable bonds is 6. The predicted octanol–water partition coefficient (Wildman–Crippen LogP) is 6.14. The molecule has 2 N–H and O–H groups in total. The Morgan fingerprint density at radius 3 is 1.26 bits per heavy atom. The normalized spacial score (nSPS) is 10.8. The summed E-state index contributed by atoms with van der Waals surface area (Å²) in [4.78, 5) is 8.68. The summed E-state index contributed by atoms with van der Waals surface area (Å²) >= 11 is 13.1. The van der Waals surface area contributed by atoms with Crippen molar-refractivity contribution in [3.05, 3.63) is 132 Å². The SMILES string of the molecule is CSC(=S)NN=C(c1ccccc1)c1ccccn1.CSC(=S)NN=C(c1ccccc1)c1ccccn1.[Zn]. The van der Waals surface area contributed by atoms with Crippen LogP contribution in [0.2, 0.25) is 0 Å². The second-order valence-corrected chi connectivity index (χ2v) is 10.3. The summed E-state index contributed by atoms with van der Waals surface area (Å²) in [5, 5.41) is 8.75. The van der Waals surface area contributed by atoms with Crippen molar-refractivity contribution in [2.75, 3.05) is 12.5 Å². The molecule has 4 rings (SSSR count). The zero-order valence-electron chi connectivity index (χ0n) is 21.5. The van der Waals surface area contributed by atoms with E-state index < -0.39 is 0 Å². The Morgan fingerprint density at radius 1 is 0.590 bits per heavy atom. The Balaban J connectivity index is 0.000000267. The van der Waals surface area contributed by atoms with Gasteiger partial charge in [0.1, 0.15) is 11.4 Å². The van der Waals surface area contributed by atoms with Crippen molar-refractivity contribution in [1.82, 2.24) is 20.8 Å². The number of thioether (sulfide) groups is 2. The van der Waals surface area contributed by atoms with E-state index in [1.807, 2.05) is 110 Å². The molecule has 2 aromatic heterocycles. The molecule has 0 saturated heterocycles. The Kier molecular flexibility index (Phi) is 15.3. The van der Waals surface area contributed by atoms with Crippen LogP contribution in [-0.4, -0.2) is 42.5 Å². The zero-order chi connectivity index (χ0) is 27.0. The topological polar surface area (TPSA) is 74.6 Å². The van der Waals surface area contributed by atoms with Gasteiger partial charge in [-0.05, 0) is 36.8 Å². The van der Waals surface area contributed by atoms with Gasteiger partial charge < -0.3 is 0 Å². The molecule has 0 aliphatic rings. The Morgan fingerprint density at radius 2 is 0.949 bits per heavy atom. The van der Waals surface area contributed by atoms with E-state index in [9.17, 15) is 0 Å². The maximum Gasteiger partial charge on any atom is 0.153 e. The van der Waals surface area contributed by atoms with Crippen LogP contribution in [0.3, 0.4) is 0 Å². The van der Waals surface area contributed by atoms with E-state index in [0.29, 0.717) is 8.64 Å². The Hall–Kier alpha value is -2.82. The zero-order valence-corrected chi connectivity index (χ0v) is 27.8. The van der Waals surface area contributed by atoms with Gasteiger partial charge in [0.15, 0.2) is 8.64 Å². The van der Waals surface area contributed by atoms with Crippen molar-refractivity contribution < 1.29 is 19.5 Å². The first-order chi connectivity index (χ1) is 18.6. The van der Waals surface area contributed by atoms with Crippen LogP contribution < -0.4 is 10.9 Å². The van der Waals surface area contributed by atoms with Gasteiger partial charge in [-0.15, -0.1) is 0 Å². The summed E-state index contributed by atoms with van der Waals surface area (Å²) in [6.07, 6.45) is 7.32. The first-order valence-corrected chi connectivity index (χ1v) is 14.7. The first kappa shape index (κ1) is 32.4. The first-order valence-electron chi connectivity index (χ1n) is 11.4. The maximum absolute atomic E-state index is 5.10. The fourth-order valence-electron chi connectivity index (χ4n) is 3.03. The van der Waals surface area contributed by atoms with E-state index in [4.69, 9.17) is 24.4 Å². The van der Waals surface area contributed by atoms with Crippen LogP contribution in [-0.2, 0) is 19.5 Å². The van der Waals surface area contributed by atoms with Crippen LogP contribution in [0.4, 0.5) is 0 Å². The predicted molar refractivity (Wildman–Crippen MR) is 171 cm³/mol. The van der Waals surface area contributed by atoms with E-state index in [0.717, 1.165) is 33.9 Å². The van der Waals surface area contributed by atoms with Crippen LogP contribution in [0.25, 0.3) is 0 Å². The molecule has 0 aliphatic heterocycles. The monoisotopic (exact) mass is 638 g/mol. The van der Waals surface area contributed by atoms with Gasteiger partial charge >= 0.3 is 0 Å². The number of benzene rings is 2. The molecule has 0 fully saturated rings. The standard InChI is InChI=1S/2C14H13N3S2.Zn/c2*1-19-14(18)17-16-13(11-7-3-2-4-8-11)12-9-5-6-10-15-12;/h2*2-10H,1H3,(H,17,18);. The fraction of sp³-hybridized carbons (Fsp3) is 0.0714. The van der Waals surface area contributed by atoms with Crippen LogP contribution in [0.5, 0.6) is 0 Å². The van der Waals surface area contributed by atoms with Crippen molar-refractivity contribution in [3.63, 3.8) is 0 Å². The number of hydrazone groups is 2. The molecule has 0 radical (unpaired) electrons. The van der Waals surface area contributed by atoms with Gasteiger partial charge in [-0.3, -0.25) is 20.8 Å². The summed E-state index contributed by atoms with van der Waals surface area (Å²) in [5.41, 5.74) is 10.9. The molecule has 0 amide bonds. The molecule has 6 nitrogen and oxygen atoms in total. The van der Waals surface area contributed by atoms with E-state index in [1.54, 1.807) is 12.4 Å². The van der Waals surface area contributed by atoms with Crippen LogP contribution >= 0.6 is 48.0 Å². The van der Waals surface area contributed by atoms with Gasteiger partial charge in [-0.1, -0.05) is 121 Å². The maximum atomic E-state index is 5.10. The molecule has 39 heavy (non-hydrogen) atoms. The van der Waals surface area contributed by atoms with Crippen molar-refractivity contribution >= 4 is 68.0 Å². The van der Waals surface area contributed by atoms with Crippen LogP contribution in [0.15, 0.2) is 120 Å². The number of pyridine rings is 2. The third-order valence-electron chi connectivity index (χ3n) is 4.80. The molecular weight excluding hydrogens is 614 g/mol. The third-order valence-corrected chi connectivity index (χ3v) is 6.90. The second-order valence-electron chi connectivity index (χ2n) is 7.29. The number of thiocarbonyl (C=S) groups is 2. The number of hydrogen-bond acceptors (Lipinski definition) is 8. The fourth-order valence-corrected chi connectivity index (χ4v) is 3.40. The van der Waals surface area contributed by atoms with Crippen LogP contribution in [0, 0.1) is 0 Å². The summed E-state index contributed by atoms with van der Waals surface area (Å²) in [5.74, 6) is 0. The van der Waals surface area contributed by atoms with Gasteiger partial charge in [-0.2, -0.15) is 10.2 Å². The average Bonchev–Trinajstić information content (AvgIpc) is 2.99. The van der Waals surface area contributed by atoms with E-state index in [2.05, 4.69) is 31.0 Å². The molecule has 0 atom stereocenters. The molecule has 194 valence electrons. The van der Waals surface area contributed by atoms with Gasteiger partial charge in [0.05, 0.1) is 11.4 Å². The molecule has 0 unspecified atom stereocenters. The molecule has 0 aliphatic carbocycles. The summed E-state index contributed by atoms with van der Waals surface area (Å²) in [6, 6.07) is 31.3. The van der Waals surface area contributed by atoms with Gasteiger partial charge in [-0.25, -0.2) is 0 Å². The molecule has 2 heterocycles. The van der Waals surface area contributed by atoms with Crippen molar-refractivity contribution in [1.29, 1.82) is 0 Å². The number of hydrogen-bond donors (Lipinski definition) is 2. The van der Waals surface area contributed by atoms with Crippen LogP contribution in [0.1, 0.15) is 22.5 Å². The molecule has 2 aromatic carbocycles. The smallest absolute Gasteiger partial charge is 0.153 e. The van der Waals surface area contributed by atoms with Crippen molar-refractivity contribution in [2.24, 2.45) is 10.2 Å². The number of aromatic nitrogens is 2. The number of nitrogens with zero attached hydrogens (tertiary/aromatic N) is 4. The Labute approximate surface area is 261 Å². The molecule has 0 saturated carbocycles. The minimum absolute atomic E-state index is 0. The summed E-state index contributed by atoms with van der Waals surface area (Å²) < 4.78 is 1.26. The van der Waals surface area contributed by atoms with Gasteiger partial charge in [0.2, 0.25) is 0 Å². The molecular formula is C28H26N6S4Zn. The minimum atomic E-state index is 0. The number of nitrogens with one attached hydrogen (secondary N) is 2. The van der Waals surface area contributed by atoms with Crippen molar-refractivity contribution in [3.8, 4) is 0 Å². The average molecular weight is 640 g/mol. The summed E-state index contributed by atoms with van der Waals surface area (Å²) in [6.45, 7) is 0.